The molecule has 0 amide bonds. The lowest BCUT2D eigenvalue weighted by Crippen LogP contribution is -1.94. The average molecular weight is 817 g/mol. The fourth-order valence-electron chi connectivity index (χ4n) is 10.3. The molecule has 0 fully saturated rings. The zero-order chi connectivity index (χ0) is 41.9. The number of hydrogen-bond donors (Lipinski definition) is 0. The van der Waals surface area contributed by atoms with E-state index in [2.05, 4.69) is 203 Å². The molecule has 14 aromatic rings. The summed E-state index contributed by atoms with van der Waals surface area (Å²) >= 11 is 0. The third-order valence-corrected chi connectivity index (χ3v) is 13.4. The van der Waals surface area contributed by atoms with Crippen molar-refractivity contribution in [3.63, 3.8) is 0 Å². The van der Waals surface area contributed by atoms with Crippen LogP contribution in [0.4, 0.5) is 0 Å². The van der Waals surface area contributed by atoms with Gasteiger partial charge in [0, 0.05) is 60.0 Å². The van der Waals surface area contributed by atoms with E-state index in [9.17, 15) is 0 Å². The standard InChI is InChI=1S/C60H36N2O2/c1-5-16-53-45(10-1)46-11-2-6-17-54(46)61(53)42-27-20-37(21-28-42)39-24-31-55-50(34-39)51-35-40(41-26-33-59-52(36-41)48-13-4-7-18-57(48)63-59)25-32-56(51)62(55)43-29-22-38(23-30-43)44-14-9-15-49-47-12-3-8-19-58(47)64-60(44)49/h1-36H. The first-order chi connectivity index (χ1) is 31.7. The number of benzene rings is 10. The van der Waals surface area contributed by atoms with Crippen molar-refractivity contribution in [3.05, 3.63) is 218 Å². The monoisotopic (exact) mass is 816 g/mol. The van der Waals surface area contributed by atoms with Gasteiger partial charge in [0.1, 0.15) is 22.3 Å². The van der Waals surface area contributed by atoms with E-state index in [1.807, 2.05) is 24.3 Å². The van der Waals surface area contributed by atoms with Crippen molar-refractivity contribution in [2.45, 2.75) is 0 Å². The highest BCUT2D eigenvalue weighted by molar-refractivity contribution is 6.13. The number of furan rings is 2. The number of nitrogens with zero attached hydrogens (tertiary/aromatic N) is 2. The summed E-state index contributed by atoms with van der Waals surface area (Å²) in [6.07, 6.45) is 0. The minimum absolute atomic E-state index is 0.899. The first-order valence-corrected chi connectivity index (χ1v) is 21.8. The first-order valence-electron chi connectivity index (χ1n) is 21.8. The van der Waals surface area contributed by atoms with E-state index in [1.165, 1.54) is 43.7 Å². The van der Waals surface area contributed by atoms with E-state index in [-0.39, 0.29) is 0 Å². The predicted molar refractivity (Wildman–Crippen MR) is 266 cm³/mol. The van der Waals surface area contributed by atoms with Crippen molar-refractivity contribution in [1.82, 2.24) is 9.13 Å². The first kappa shape index (κ1) is 35.0. The van der Waals surface area contributed by atoms with Crippen molar-refractivity contribution in [3.8, 4) is 44.8 Å². The van der Waals surface area contributed by atoms with Gasteiger partial charge in [0.25, 0.3) is 0 Å². The van der Waals surface area contributed by atoms with Crippen molar-refractivity contribution in [2.75, 3.05) is 0 Å². The van der Waals surface area contributed by atoms with Crippen LogP contribution < -0.4 is 0 Å². The van der Waals surface area contributed by atoms with Gasteiger partial charge >= 0.3 is 0 Å². The van der Waals surface area contributed by atoms with Gasteiger partial charge in [-0.1, -0.05) is 133 Å². The molecule has 0 saturated carbocycles. The topological polar surface area (TPSA) is 36.1 Å². The predicted octanol–water partition coefficient (Wildman–Crippen LogP) is 16.7. The second-order valence-electron chi connectivity index (χ2n) is 16.9. The molecular formula is C60H36N2O2. The van der Waals surface area contributed by atoms with Crippen molar-refractivity contribution in [2.24, 2.45) is 0 Å². The zero-order valence-electron chi connectivity index (χ0n) is 34.5. The van der Waals surface area contributed by atoms with Crippen LogP contribution in [0, 0.1) is 0 Å². The molecule has 4 aromatic heterocycles. The molecular weight excluding hydrogens is 781 g/mol. The van der Waals surface area contributed by atoms with E-state index in [1.54, 1.807) is 0 Å². The number of fused-ring (bicyclic) bond motifs is 12. The van der Waals surface area contributed by atoms with E-state index in [0.717, 1.165) is 88.5 Å². The lowest BCUT2D eigenvalue weighted by atomic mass is 9.99. The summed E-state index contributed by atoms with van der Waals surface area (Å²) < 4.78 is 17.4. The summed E-state index contributed by atoms with van der Waals surface area (Å²) in [5.41, 5.74) is 17.5. The second-order valence-corrected chi connectivity index (χ2v) is 16.9. The van der Waals surface area contributed by atoms with Gasteiger partial charge in [-0.3, -0.25) is 0 Å². The van der Waals surface area contributed by atoms with Gasteiger partial charge in [-0.15, -0.1) is 0 Å². The molecule has 0 radical (unpaired) electrons. The smallest absolute Gasteiger partial charge is 0.143 e. The van der Waals surface area contributed by atoms with Crippen LogP contribution in [0.15, 0.2) is 227 Å². The Hall–Kier alpha value is -8.60. The van der Waals surface area contributed by atoms with Gasteiger partial charge in [0.05, 0.1) is 22.1 Å². The van der Waals surface area contributed by atoms with Crippen LogP contribution in [0.2, 0.25) is 0 Å². The molecule has 0 aliphatic rings. The maximum absolute atomic E-state index is 6.44. The minimum atomic E-state index is 0.899. The molecule has 10 aromatic carbocycles. The number of para-hydroxylation sites is 5. The molecule has 0 spiro atoms. The molecule has 298 valence electrons. The summed E-state index contributed by atoms with van der Waals surface area (Å²) in [6, 6.07) is 78.7. The van der Waals surface area contributed by atoms with E-state index in [0.29, 0.717) is 0 Å². The number of rotatable bonds is 5. The Bertz CT molecular complexity index is 4120. The average Bonchev–Trinajstić information content (AvgIpc) is 4.11. The summed E-state index contributed by atoms with van der Waals surface area (Å²) in [5, 5.41) is 9.45. The molecule has 64 heavy (non-hydrogen) atoms. The van der Waals surface area contributed by atoms with Crippen LogP contribution in [0.1, 0.15) is 0 Å². The molecule has 4 heterocycles. The van der Waals surface area contributed by atoms with Gasteiger partial charge in [0.15, 0.2) is 0 Å². The van der Waals surface area contributed by atoms with Gasteiger partial charge in [-0.2, -0.15) is 0 Å². The maximum atomic E-state index is 6.44. The zero-order valence-corrected chi connectivity index (χ0v) is 34.5. The Morgan fingerprint density at radius 2 is 0.672 bits per heavy atom. The molecule has 0 atom stereocenters. The Morgan fingerprint density at radius 1 is 0.250 bits per heavy atom. The SMILES string of the molecule is c1ccc2c(c1)oc1ccc(-c3ccc4c(c3)c3cc(-c5ccc(-n6c7ccccc7c7ccccc76)cc5)ccc3n4-c3ccc(-c4cccc5c4oc4ccccc45)cc3)cc12. The van der Waals surface area contributed by atoms with Crippen LogP contribution in [-0.4, -0.2) is 9.13 Å². The summed E-state index contributed by atoms with van der Waals surface area (Å²) in [5.74, 6) is 0. The Morgan fingerprint density at radius 3 is 1.30 bits per heavy atom. The lowest BCUT2D eigenvalue weighted by molar-refractivity contribution is 0.669. The van der Waals surface area contributed by atoms with Crippen LogP contribution >= 0.6 is 0 Å². The Labute approximate surface area is 367 Å². The Balaban J connectivity index is 0.916. The van der Waals surface area contributed by atoms with Crippen LogP contribution in [0.3, 0.4) is 0 Å². The van der Waals surface area contributed by atoms with Gasteiger partial charge in [0.2, 0.25) is 0 Å². The molecule has 0 bridgehead atoms. The van der Waals surface area contributed by atoms with E-state index in [4.69, 9.17) is 8.83 Å². The fourth-order valence-corrected chi connectivity index (χ4v) is 10.3. The molecule has 0 N–H and O–H groups in total. The van der Waals surface area contributed by atoms with Crippen molar-refractivity contribution < 1.29 is 8.83 Å². The van der Waals surface area contributed by atoms with Gasteiger partial charge in [-0.25, -0.2) is 0 Å². The minimum Gasteiger partial charge on any atom is -0.456 e. The molecule has 0 aliphatic carbocycles. The molecule has 4 nitrogen and oxygen atoms in total. The summed E-state index contributed by atoms with van der Waals surface area (Å²) in [7, 11) is 0. The largest absolute Gasteiger partial charge is 0.456 e. The van der Waals surface area contributed by atoms with Gasteiger partial charge < -0.3 is 18.0 Å². The summed E-state index contributed by atoms with van der Waals surface area (Å²) in [6.45, 7) is 0. The van der Waals surface area contributed by atoms with E-state index < -0.39 is 0 Å². The summed E-state index contributed by atoms with van der Waals surface area (Å²) in [4.78, 5) is 0. The normalized spacial score (nSPS) is 12.1. The quantitative estimate of drug-likeness (QED) is 0.173. The highest BCUT2D eigenvalue weighted by Crippen LogP contribution is 2.41. The number of aromatic nitrogens is 2. The van der Waals surface area contributed by atoms with Crippen molar-refractivity contribution in [1.29, 1.82) is 0 Å². The van der Waals surface area contributed by atoms with Crippen molar-refractivity contribution >= 4 is 87.5 Å². The van der Waals surface area contributed by atoms with Gasteiger partial charge in [-0.05, 0) is 113 Å². The molecule has 0 unspecified atom stereocenters. The third-order valence-electron chi connectivity index (χ3n) is 13.4. The lowest BCUT2D eigenvalue weighted by Gasteiger charge is -2.11. The highest BCUT2D eigenvalue weighted by Gasteiger charge is 2.18. The molecule has 0 aliphatic heterocycles. The molecule has 14 rings (SSSR count). The molecule has 4 heteroatoms. The second kappa shape index (κ2) is 13.4. The van der Waals surface area contributed by atoms with Crippen LogP contribution in [0.5, 0.6) is 0 Å². The Kier molecular flexibility index (Phi) is 7.36. The maximum Gasteiger partial charge on any atom is 0.143 e. The number of hydrogen-bond acceptors (Lipinski definition) is 2. The van der Waals surface area contributed by atoms with E-state index >= 15 is 0 Å². The fraction of sp³-hybridized carbons (Fsp3) is 0. The third kappa shape index (κ3) is 5.17. The van der Waals surface area contributed by atoms with Crippen LogP contribution in [0.25, 0.3) is 132 Å². The molecule has 0 saturated heterocycles. The highest BCUT2D eigenvalue weighted by atomic mass is 16.3. The van der Waals surface area contributed by atoms with Crippen LogP contribution in [-0.2, 0) is 0 Å².